The predicted molar refractivity (Wildman–Crippen MR) is 150 cm³/mol. The molecule has 1 N–H and O–H groups in total. The van der Waals surface area contributed by atoms with Crippen molar-refractivity contribution in [3.63, 3.8) is 0 Å². The summed E-state index contributed by atoms with van der Waals surface area (Å²) >= 11 is 0. The fourth-order valence-electron chi connectivity index (χ4n) is 4.84. The van der Waals surface area contributed by atoms with Gasteiger partial charge in [-0.1, -0.05) is 36.4 Å². The molecule has 39 heavy (non-hydrogen) atoms. The molecule has 0 atom stereocenters. The molecule has 9 heteroatoms. The zero-order valence-electron chi connectivity index (χ0n) is 21.2. The first-order valence-corrected chi connectivity index (χ1v) is 12.9. The highest BCUT2D eigenvalue weighted by molar-refractivity contribution is 5.89. The monoisotopic (exact) mass is 518 g/mol. The Hall–Kier alpha value is -4.89. The highest BCUT2D eigenvalue weighted by Crippen LogP contribution is 2.32. The van der Waals surface area contributed by atoms with Crippen LogP contribution in [0.2, 0.25) is 0 Å². The number of anilines is 3. The number of imidazole rings is 1. The quantitative estimate of drug-likeness (QED) is 0.276. The molecule has 7 rings (SSSR count). The maximum absolute atomic E-state index is 6.29. The molecule has 0 spiro atoms. The number of hydrogen-bond donors (Lipinski definition) is 1. The molecule has 0 radical (unpaired) electrons. The van der Waals surface area contributed by atoms with E-state index >= 15 is 0 Å². The smallest absolute Gasteiger partial charge is 0.326 e. The van der Waals surface area contributed by atoms with Crippen molar-refractivity contribution in [2.45, 2.75) is 6.54 Å². The average Bonchev–Trinajstić information content (AvgIpc) is 3.65. The highest BCUT2D eigenvalue weighted by atomic mass is 16.5. The molecule has 194 valence electrons. The minimum Gasteiger partial charge on any atom is -0.467 e. The molecule has 0 bridgehead atoms. The van der Waals surface area contributed by atoms with E-state index in [1.165, 1.54) is 5.69 Å². The highest BCUT2D eigenvalue weighted by Gasteiger charge is 2.17. The number of furan rings is 1. The lowest BCUT2D eigenvalue weighted by Gasteiger charge is -2.28. The Morgan fingerprint density at radius 3 is 2.56 bits per heavy atom. The number of ether oxygens (including phenoxy) is 2. The number of morpholine rings is 1. The van der Waals surface area contributed by atoms with Crippen LogP contribution in [0.15, 0.2) is 95.9 Å². The first-order chi connectivity index (χ1) is 19.3. The number of fused-ring (bicyclic) bond motifs is 2. The van der Waals surface area contributed by atoms with Crippen molar-refractivity contribution in [1.82, 2.24) is 19.5 Å². The molecule has 3 aromatic heterocycles. The fraction of sp³-hybridized carbons (Fsp3) is 0.167. The van der Waals surface area contributed by atoms with Gasteiger partial charge in [0.1, 0.15) is 11.5 Å². The third-order valence-corrected chi connectivity index (χ3v) is 6.81. The van der Waals surface area contributed by atoms with Gasteiger partial charge >= 0.3 is 6.01 Å². The summed E-state index contributed by atoms with van der Waals surface area (Å²) in [5.41, 5.74) is 3.34. The van der Waals surface area contributed by atoms with E-state index in [4.69, 9.17) is 23.9 Å². The largest absolute Gasteiger partial charge is 0.467 e. The van der Waals surface area contributed by atoms with Crippen LogP contribution in [0.5, 0.6) is 11.8 Å². The lowest BCUT2D eigenvalue weighted by atomic mass is 10.1. The molecule has 0 amide bonds. The van der Waals surface area contributed by atoms with Crippen LogP contribution in [0, 0.1) is 0 Å². The number of rotatable bonds is 7. The van der Waals surface area contributed by atoms with Crippen LogP contribution >= 0.6 is 0 Å². The van der Waals surface area contributed by atoms with Crippen molar-refractivity contribution >= 4 is 39.1 Å². The van der Waals surface area contributed by atoms with Crippen molar-refractivity contribution in [2.24, 2.45) is 0 Å². The lowest BCUT2D eigenvalue weighted by Crippen LogP contribution is -2.36. The van der Waals surface area contributed by atoms with E-state index in [9.17, 15) is 0 Å². The van der Waals surface area contributed by atoms with Crippen molar-refractivity contribution < 1.29 is 13.9 Å². The predicted octanol–water partition coefficient (Wildman–Crippen LogP) is 5.99. The van der Waals surface area contributed by atoms with Gasteiger partial charge < -0.3 is 28.7 Å². The van der Waals surface area contributed by atoms with Crippen LogP contribution in [0.3, 0.4) is 0 Å². The van der Waals surface area contributed by atoms with Gasteiger partial charge in [-0.05, 0) is 47.9 Å². The van der Waals surface area contributed by atoms with Gasteiger partial charge in [-0.3, -0.25) is 0 Å². The maximum Gasteiger partial charge on any atom is 0.326 e. The SMILES string of the molecule is c1coc(Cn2cnc3c(Nc4ccc(N5CCOCC5)cc4)nc(Oc4cccc5ccccc45)nc32)c1. The second-order valence-electron chi connectivity index (χ2n) is 9.33. The van der Waals surface area contributed by atoms with Crippen molar-refractivity contribution in [1.29, 1.82) is 0 Å². The van der Waals surface area contributed by atoms with Crippen molar-refractivity contribution in [2.75, 3.05) is 36.5 Å². The van der Waals surface area contributed by atoms with Gasteiger partial charge in [-0.25, -0.2) is 4.98 Å². The molecule has 6 aromatic rings. The average molecular weight is 519 g/mol. The number of hydrogen-bond acceptors (Lipinski definition) is 8. The number of benzene rings is 3. The summed E-state index contributed by atoms with van der Waals surface area (Å²) in [4.78, 5) is 16.5. The van der Waals surface area contributed by atoms with Crippen molar-refractivity contribution in [3.05, 3.63) is 97.2 Å². The minimum atomic E-state index is 0.229. The van der Waals surface area contributed by atoms with Crippen LogP contribution in [0.25, 0.3) is 21.9 Å². The summed E-state index contributed by atoms with van der Waals surface area (Å²) in [5.74, 6) is 2.05. The fourth-order valence-corrected chi connectivity index (χ4v) is 4.84. The first-order valence-electron chi connectivity index (χ1n) is 12.9. The van der Waals surface area contributed by atoms with Gasteiger partial charge in [0.05, 0.1) is 32.3 Å². The summed E-state index contributed by atoms with van der Waals surface area (Å²) in [5, 5.41) is 5.51. The van der Waals surface area contributed by atoms with Crippen LogP contribution in [0.1, 0.15) is 5.76 Å². The Bertz CT molecular complexity index is 1720. The number of nitrogens with zero attached hydrogens (tertiary/aromatic N) is 5. The number of aromatic nitrogens is 4. The summed E-state index contributed by atoms with van der Waals surface area (Å²) in [6.07, 6.45) is 3.41. The molecule has 4 heterocycles. The molecule has 1 fully saturated rings. The molecular weight excluding hydrogens is 492 g/mol. The molecule has 9 nitrogen and oxygen atoms in total. The Morgan fingerprint density at radius 1 is 0.872 bits per heavy atom. The Morgan fingerprint density at radius 2 is 1.72 bits per heavy atom. The standard InChI is InChI=1S/C30H26N6O3/c1-2-8-25-21(5-1)6-3-9-26(25)39-30-33-28(27-29(34-30)36(20-31-27)19-24-7-4-16-38-24)32-22-10-12-23(13-11-22)35-14-17-37-18-15-35/h1-13,16,20H,14-15,17-19H2,(H,32,33,34). The zero-order valence-corrected chi connectivity index (χ0v) is 21.2. The number of nitrogens with one attached hydrogen (secondary N) is 1. The van der Waals surface area contributed by atoms with E-state index in [1.807, 2.05) is 59.2 Å². The summed E-state index contributed by atoms with van der Waals surface area (Å²) in [6, 6.07) is 26.3. The third kappa shape index (κ3) is 4.75. The Balaban J connectivity index is 1.25. The Kier molecular flexibility index (Phi) is 6.03. The van der Waals surface area contributed by atoms with Gasteiger partial charge in [-0.2, -0.15) is 9.97 Å². The molecule has 1 aliphatic rings. The molecule has 3 aromatic carbocycles. The van der Waals surface area contributed by atoms with E-state index in [-0.39, 0.29) is 6.01 Å². The third-order valence-electron chi connectivity index (χ3n) is 6.81. The minimum absolute atomic E-state index is 0.229. The molecule has 0 aliphatic carbocycles. The summed E-state index contributed by atoms with van der Waals surface area (Å²) < 4.78 is 19.3. The van der Waals surface area contributed by atoms with E-state index in [0.717, 1.165) is 48.5 Å². The molecule has 0 saturated carbocycles. The van der Waals surface area contributed by atoms with Crippen LogP contribution < -0.4 is 15.0 Å². The van der Waals surface area contributed by atoms with E-state index in [2.05, 4.69) is 39.5 Å². The van der Waals surface area contributed by atoms with E-state index < -0.39 is 0 Å². The van der Waals surface area contributed by atoms with Gasteiger partial charge in [0.15, 0.2) is 17.0 Å². The first kappa shape index (κ1) is 23.2. The van der Waals surface area contributed by atoms with Crippen molar-refractivity contribution in [3.8, 4) is 11.8 Å². The second-order valence-corrected chi connectivity index (χ2v) is 9.33. The van der Waals surface area contributed by atoms with Gasteiger partial charge in [-0.15, -0.1) is 0 Å². The molecular formula is C30H26N6O3. The lowest BCUT2D eigenvalue weighted by molar-refractivity contribution is 0.122. The van der Waals surface area contributed by atoms with Crippen LogP contribution in [-0.4, -0.2) is 45.8 Å². The second kappa shape index (κ2) is 10.1. The molecule has 1 saturated heterocycles. The summed E-state index contributed by atoms with van der Waals surface area (Å²) in [6.45, 7) is 3.77. The van der Waals surface area contributed by atoms with E-state index in [0.29, 0.717) is 29.3 Å². The van der Waals surface area contributed by atoms with Gasteiger partial charge in [0.25, 0.3) is 0 Å². The van der Waals surface area contributed by atoms with Crippen LogP contribution in [-0.2, 0) is 11.3 Å². The normalized spacial score (nSPS) is 13.7. The topological polar surface area (TPSA) is 90.5 Å². The Labute approximate surface area is 224 Å². The van der Waals surface area contributed by atoms with E-state index in [1.54, 1.807) is 12.6 Å². The van der Waals surface area contributed by atoms with Gasteiger partial charge in [0.2, 0.25) is 0 Å². The zero-order chi connectivity index (χ0) is 26.0. The maximum atomic E-state index is 6.29. The summed E-state index contributed by atoms with van der Waals surface area (Å²) in [7, 11) is 0. The van der Waals surface area contributed by atoms with Gasteiger partial charge in [0, 0.05) is 29.9 Å². The molecule has 0 unspecified atom stereocenters. The van der Waals surface area contributed by atoms with Crippen LogP contribution in [0.4, 0.5) is 17.2 Å². The molecule has 1 aliphatic heterocycles.